The first-order valence-electron chi connectivity index (χ1n) is 6.64. The average molecular weight is 319 g/mol. The Hall–Kier alpha value is -3.16. The van der Waals surface area contributed by atoms with Gasteiger partial charge in [0.2, 0.25) is 0 Å². The number of rotatable bonds is 5. The number of nitrogens with zero attached hydrogens (tertiary/aromatic N) is 1. The summed E-state index contributed by atoms with van der Waals surface area (Å²) in [4.78, 5) is 22.1. The van der Waals surface area contributed by atoms with E-state index in [0.717, 1.165) is 6.07 Å². The molecule has 3 N–H and O–H groups in total. The molecule has 0 aliphatic heterocycles. The number of phenols is 1. The van der Waals surface area contributed by atoms with Gasteiger partial charge in [-0.1, -0.05) is 6.07 Å². The van der Waals surface area contributed by atoms with Crippen LogP contribution in [-0.2, 0) is 6.54 Å². The molecule has 0 heterocycles. The molecule has 1 amide bonds. The van der Waals surface area contributed by atoms with Crippen LogP contribution in [0.5, 0.6) is 5.75 Å². The number of nitrogens with one attached hydrogen (secondary N) is 2. The van der Waals surface area contributed by atoms with Crippen molar-refractivity contribution in [1.29, 1.82) is 0 Å². The quantitative estimate of drug-likeness (QED) is 0.580. The molecule has 0 fully saturated rings. The Morgan fingerprint density at radius 2 is 2.04 bits per heavy atom. The molecule has 2 aromatic carbocycles. The van der Waals surface area contributed by atoms with E-state index in [1.807, 2.05) is 0 Å². The predicted molar refractivity (Wildman–Crippen MR) is 81.9 cm³/mol. The minimum absolute atomic E-state index is 0.122. The number of hydrogen-bond donors (Lipinski definition) is 3. The molecule has 0 radical (unpaired) electrons. The third kappa shape index (κ3) is 3.73. The highest BCUT2D eigenvalue weighted by atomic mass is 19.1. The Kier molecular flexibility index (Phi) is 4.75. The standard InChI is InChI=1S/C15H14FN3O4/c1-17-15(21)10-3-4-12(13(7-10)19(22)23)18-8-9-2-5-14(20)11(16)6-9/h2-7,18,20H,8H2,1H3,(H,17,21). The first-order chi connectivity index (χ1) is 10.9. The number of anilines is 1. The van der Waals surface area contributed by atoms with Gasteiger partial charge in [0.1, 0.15) is 5.69 Å². The number of nitro groups is 1. The molecular formula is C15H14FN3O4. The van der Waals surface area contributed by atoms with Crippen LogP contribution in [0.25, 0.3) is 0 Å². The van der Waals surface area contributed by atoms with Crippen LogP contribution in [0, 0.1) is 15.9 Å². The van der Waals surface area contributed by atoms with Gasteiger partial charge >= 0.3 is 0 Å². The van der Waals surface area contributed by atoms with Gasteiger partial charge in [0, 0.05) is 25.2 Å². The molecule has 120 valence electrons. The van der Waals surface area contributed by atoms with E-state index in [9.17, 15) is 19.3 Å². The van der Waals surface area contributed by atoms with Gasteiger partial charge in [-0.15, -0.1) is 0 Å². The first-order valence-corrected chi connectivity index (χ1v) is 6.64. The monoisotopic (exact) mass is 319 g/mol. The lowest BCUT2D eigenvalue weighted by atomic mass is 10.1. The molecule has 0 saturated heterocycles. The van der Waals surface area contributed by atoms with Crippen molar-refractivity contribution < 1.29 is 19.2 Å². The fraction of sp³-hybridized carbons (Fsp3) is 0.133. The Bertz CT molecular complexity index is 764. The van der Waals surface area contributed by atoms with Gasteiger partial charge in [-0.05, 0) is 29.8 Å². The summed E-state index contributed by atoms with van der Waals surface area (Å²) in [6, 6.07) is 7.86. The molecule has 0 unspecified atom stereocenters. The summed E-state index contributed by atoms with van der Waals surface area (Å²) in [5.41, 5.74) is 0.617. The van der Waals surface area contributed by atoms with Crippen molar-refractivity contribution in [2.24, 2.45) is 0 Å². The van der Waals surface area contributed by atoms with Crippen molar-refractivity contribution in [2.75, 3.05) is 12.4 Å². The molecule has 2 aromatic rings. The molecule has 23 heavy (non-hydrogen) atoms. The smallest absolute Gasteiger partial charge is 0.293 e. The van der Waals surface area contributed by atoms with Crippen molar-refractivity contribution in [3.05, 3.63) is 63.5 Å². The Balaban J connectivity index is 2.23. The van der Waals surface area contributed by atoms with Crippen LogP contribution < -0.4 is 10.6 Å². The molecule has 7 nitrogen and oxygen atoms in total. The maximum Gasteiger partial charge on any atom is 0.293 e. The summed E-state index contributed by atoms with van der Waals surface area (Å²) in [7, 11) is 1.43. The molecule has 2 rings (SSSR count). The lowest BCUT2D eigenvalue weighted by Crippen LogP contribution is -2.18. The third-order valence-corrected chi connectivity index (χ3v) is 3.18. The zero-order valence-corrected chi connectivity index (χ0v) is 12.2. The second-order valence-corrected chi connectivity index (χ2v) is 4.71. The van der Waals surface area contributed by atoms with Gasteiger partial charge in [-0.25, -0.2) is 4.39 Å². The van der Waals surface area contributed by atoms with Crippen molar-refractivity contribution in [1.82, 2.24) is 5.32 Å². The summed E-state index contributed by atoms with van der Waals surface area (Å²) in [6.45, 7) is 0.122. The van der Waals surface area contributed by atoms with E-state index < -0.39 is 22.4 Å². The molecular weight excluding hydrogens is 305 g/mol. The molecule has 0 bridgehead atoms. The minimum Gasteiger partial charge on any atom is -0.505 e. The zero-order valence-electron chi connectivity index (χ0n) is 12.2. The van der Waals surface area contributed by atoms with Crippen molar-refractivity contribution >= 4 is 17.3 Å². The van der Waals surface area contributed by atoms with E-state index in [2.05, 4.69) is 10.6 Å². The molecule has 0 aromatic heterocycles. The van der Waals surface area contributed by atoms with E-state index in [4.69, 9.17) is 5.11 Å². The fourth-order valence-electron chi connectivity index (χ4n) is 1.98. The average Bonchev–Trinajstić information content (AvgIpc) is 2.55. The fourth-order valence-corrected chi connectivity index (χ4v) is 1.98. The van der Waals surface area contributed by atoms with Crippen molar-refractivity contribution in [2.45, 2.75) is 6.54 Å². The van der Waals surface area contributed by atoms with Gasteiger partial charge in [0.15, 0.2) is 11.6 Å². The molecule has 0 saturated carbocycles. The summed E-state index contributed by atoms with van der Waals surface area (Å²) in [5.74, 6) is -1.66. The van der Waals surface area contributed by atoms with E-state index in [1.165, 1.54) is 37.4 Å². The maximum atomic E-state index is 13.3. The van der Waals surface area contributed by atoms with E-state index in [-0.39, 0.29) is 23.5 Å². The Morgan fingerprint density at radius 3 is 2.65 bits per heavy atom. The normalized spacial score (nSPS) is 10.2. The number of hydrogen-bond acceptors (Lipinski definition) is 5. The molecule has 0 atom stereocenters. The van der Waals surface area contributed by atoms with Crippen LogP contribution >= 0.6 is 0 Å². The van der Waals surface area contributed by atoms with Crippen LogP contribution in [0.4, 0.5) is 15.8 Å². The van der Waals surface area contributed by atoms with Crippen LogP contribution in [0.3, 0.4) is 0 Å². The summed E-state index contributed by atoms with van der Waals surface area (Å²) >= 11 is 0. The number of halogens is 1. The van der Waals surface area contributed by atoms with Crippen molar-refractivity contribution in [3.8, 4) is 5.75 Å². The van der Waals surface area contributed by atoms with Gasteiger partial charge in [0.25, 0.3) is 11.6 Å². The number of aromatic hydroxyl groups is 1. The van der Waals surface area contributed by atoms with Crippen molar-refractivity contribution in [3.63, 3.8) is 0 Å². The third-order valence-electron chi connectivity index (χ3n) is 3.18. The zero-order chi connectivity index (χ0) is 17.0. The van der Waals surface area contributed by atoms with E-state index in [1.54, 1.807) is 0 Å². The largest absolute Gasteiger partial charge is 0.505 e. The molecule has 0 aliphatic rings. The molecule has 0 aliphatic carbocycles. The predicted octanol–water partition coefficient (Wildman–Crippen LogP) is 2.41. The van der Waals surface area contributed by atoms with Gasteiger partial charge in [-0.3, -0.25) is 14.9 Å². The topological polar surface area (TPSA) is 104 Å². The second kappa shape index (κ2) is 6.73. The summed E-state index contributed by atoms with van der Waals surface area (Å²) < 4.78 is 13.3. The highest BCUT2D eigenvalue weighted by Gasteiger charge is 2.17. The first kappa shape index (κ1) is 16.2. The van der Waals surface area contributed by atoms with Crippen LogP contribution in [0.1, 0.15) is 15.9 Å². The van der Waals surface area contributed by atoms with Crippen LogP contribution in [0.2, 0.25) is 0 Å². The van der Waals surface area contributed by atoms with E-state index >= 15 is 0 Å². The summed E-state index contributed by atoms with van der Waals surface area (Å²) in [6.07, 6.45) is 0. The van der Waals surface area contributed by atoms with E-state index in [0.29, 0.717) is 5.56 Å². The number of amides is 1. The number of phenolic OH excluding ortho intramolecular Hbond substituents is 1. The number of carbonyl (C=O) groups is 1. The van der Waals surface area contributed by atoms with Gasteiger partial charge in [-0.2, -0.15) is 0 Å². The Labute approximate surface area is 130 Å². The Morgan fingerprint density at radius 1 is 1.30 bits per heavy atom. The van der Waals surface area contributed by atoms with Gasteiger partial charge in [0.05, 0.1) is 4.92 Å². The SMILES string of the molecule is CNC(=O)c1ccc(NCc2ccc(O)c(F)c2)c([N+](=O)[O-])c1. The number of nitro benzene ring substituents is 1. The number of carbonyl (C=O) groups excluding carboxylic acids is 1. The van der Waals surface area contributed by atoms with Gasteiger partial charge < -0.3 is 15.7 Å². The number of benzene rings is 2. The highest BCUT2D eigenvalue weighted by molar-refractivity contribution is 5.95. The summed E-state index contributed by atoms with van der Waals surface area (Å²) in [5, 5.41) is 25.5. The van der Waals surface area contributed by atoms with Crippen LogP contribution in [0.15, 0.2) is 36.4 Å². The highest BCUT2D eigenvalue weighted by Crippen LogP contribution is 2.26. The molecule has 0 spiro atoms. The molecule has 8 heteroatoms. The maximum absolute atomic E-state index is 13.3. The minimum atomic E-state index is -0.770. The lowest BCUT2D eigenvalue weighted by Gasteiger charge is -2.09. The second-order valence-electron chi connectivity index (χ2n) is 4.71. The lowest BCUT2D eigenvalue weighted by molar-refractivity contribution is -0.384. The van der Waals surface area contributed by atoms with Crippen LogP contribution in [-0.4, -0.2) is 23.0 Å².